The molecule has 14 heteroatoms. The van der Waals surface area contributed by atoms with Gasteiger partial charge in [0.15, 0.2) is 12.6 Å². The van der Waals surface area contributed by atoms with Crippen LogP contribution in [0.3, 0.4) is 0 Å². The molecule has 4 aliphatic carbocycles. The van der Waals surface area contributed by atoms with Crippen molar-refractivity contribution in [3.8, 4) is 0 Å². The minimum Gasteiger partial charge on any atom is -0.458 e. The van der Waals surface area contributed by atoms with Crippen LogP contribution in [0.5, 0.6) is 0 Å². The molecule has 3 aliphatic heterocycles. The van der Waals surface area contributed by atoms with E-state index in [1.165, 1.54) is 14.0 Å². The lowest BCUT2D eigenvalue weighted by Crippen LogP contribution is -2.70. The quantitative estimate of drug-likeness (QED) is 0.187. The number of ether oxygens (including phenoxy) is 9. The molecule has 4 saturated carbocycles. The highest BCUT2D eigenvalue weighted by atomic mass is 16.7. The van der Waals surface area contributed by atoms with Gasteiger partial charge in [0.05, 0.1) is 30.3 Å². The van der Waals surface area contributed by atoms with Crippen LogP contribution >= 0.6 is 0 Å². The molecule has 3 heterocycles. The van der Waals surface area contributed by atoms with Crippen LogP contribution in [0, 0.1) is 34.5 Å². The third-order valence-corrected chi connectivity index (χ3v) is 15.3. The second-order valence-electron chi connectivity index (χ2n) is 18.4. The van der Waals surface area contributed by atoms with Gasteiger partial charge in [-0.3, -0.25) is 14.4 Å². The molecule has 7 aliphatic rings. The zero-order chi connectivity index (χ0) is 40.0. The number of esters is 2. The largest absolute Gasteiger partial charge is 0.458 e. The molecular formula is C41H64O14. The number of ketones is 1. The average Bonchev–Trinajstić information content (AvgIpc) is 3.67. The molecule has 2 spiro atoms. The van der Waals surface area contributed by atoms with E-state index in [1.807, 2.05) is 13.8 Å². The Bertz CT molecular complexity index is 1470. The van der Waals surface area contributed by atoms with Gasteiger partial charge in [-0.05, 0) is 77.0 Å². The standard InChI is InChI=1S/C41H64O14/c1-19(2)36(46)53-33-34-38(7)14-12-25(52-28-18-27(47-9)31(22(5)49-28)54-37-30(45)32(48-10)29(44)21(4)50-37)17-24(38)11-15-40(34)41(55-40)16-13-26(20(3)42)39(41,8)35(33)51-23(6)43/h19,21-22,24-35,37,44-45H,11-18H2,1-10H3/t21-,22-,24+,25+,26+,27-,28-,29-,30-,31-,32-,33+,34-,35-,37+,38+,39+,40?,41-/m1/s1. The summed E-state index contributed by atoms with van der Waals surface area (Å²) in [4.78, 5) is 39.6. The van der Waals surface area contributed by atoms with Gasteiger partial charge in [0.2, 0.25) is 0 Å². The summed E-state index contributed by atoms with van der Waals surface area (Å²) in [6, 6.07) is 0. The summed E-state index contributed by atoms with van der Waals surface area (Å²) >= 11 is 0. The first-order chi connectivity index (χ1) is 25.9. The van der Waals surface area contributed by atoms with Crippen molar-refractivity contribution in [2.24, 2.45) is 34.5 Å². The molecule has 3 saturated heterocycles. The molecule has 1 unspecified atom stereocenters. The first kappa shape index (κ1) is 41.4. The summed E-state index contributed by atoms with van der Waals surface area (Å²) in [7, 11) is 3.04. The molecule has 2 N–H and O–H groups in total. The summed E-state index contributed by atoms with van der Waals surface area (Å²) in [5.74, 6) is -1.62. The lowest BCUT2D eigenvalue weighted by atomic mass is 9.43. The van der Waals surface area contributed by atoms with Gasteiger partial charge in [0, 0.05) is 44.8 Å². The number of Topliss-reactive ketones (excluding diaryl/α,β-unsaturated/α-hetero) is 1. The van der Waals surface area contributed by atoms with Gasteiger partial charge in [-0.15, -0.1) is 0 Å². The molecule has 0 bridgehead atoms. The molecule has 55 heavy (non-hydrogen) atoms. The fraction of sp³-hybridized carbons (Fsp3) is 0.927. The number of aliphatic hydroxyl groups is 2. The van der Waals surface area contributed by atoms with E-state index in [0.29, 0.717) is 19.3 Å². The number of carbonyl (C=O) groups excluding carboxylic acids is 3. The number of methoxy groups -OCH3 is 2. The van der Waals surface area contributed by atoms with Gasteiger partial charge in [0.25, 0.3) is 0 Å². The lowest BCUT2D eigenvalue weighted by molar-refractivity contribution is -0.343. The Labute approximate surface area is 324 Å². The van der Waals surface area contributed by atoms with Crippen LogP contribution in [0.1, 0.15) is 107 Å². The van der Waals surface area contributed by atoms with E-state index >= 15 is 0 Å². The van der Waals surface area contributed by atoms with Crippen molar-refractivity contribution in [3.63, 3.8) is 0 Å². The highest BCUT2D eigenvalue weighted by Crippen LogP contribution is 2.81. The zero-order valence-corrected chi connectivity index (χ0v) is 34.2. The third-order valence-electron chi connectivity index (χ3n) is 15.3. The van der Waals surface area contributed by atoms with Gasteiger partial charge >= 0.3 is 11.9 Å². The van der Waals surface area contributed by atoms with Gasteiger partial charge in [-0.2, -0.15) is 0 Å². The number of rotatable bonds is 10. The normalized spacial score (nSPS) is 51.6. The Hall–Kier alpha value is -1.75. The first-order valence-corrected chi connectivity index (χ1v) is 20.5. The second kappa shape index (κ2) is 14.8. The maximum absolute atomic E-state index is 13.5. The van der Waals surface area contributed by atoms with E-state index in [4.69, 9.17) is 42.6 Å². The van der Waals surface area contributed by atoms with E-state index in [-0.39, 0.29) is 41.0 Å². The molecule has 0 aromatic carbocycles. The van der Waals surface area contributed by atoms with Crippen LogP contribution in [0.15, 0.2) is 0 Å². The molecule has 14 nitrogen and oxygen atoms in total. The highest BCUT2D eigenvalue weighted by Gasteiger charge is 2.91. The summed E-state index contributed by atoms with van der Waals surface area (Å²) in [5, 5.41) is 21.3. The predicted octanol–water partition coefficient (Wildman–Crippen LogP) is 3.63. The van der Waals surface area contributed by atoms with Crippen molar-refractivity contribution in [1.29, 1.82) is 0 Å². The van der Waals surface area contributed by atoms with Crippen molar-refractivity contribution in [2.45, 2.75) is 192 Å². The van der Waals surface area contributed by atoms with Gasteiger partial charge in [0.1, 0.15) is 53.6 Å². The number of fused-ring (bicyclic) bond motifs is 2. The van der Waals surface area contributed by atoms with Crippen molar-refractivity contribution in [2.75, 3.05) is 14.2 Å². The maximum Gasteiger partial charge on any atom is 0.308 e. The molecule has 312 valence electrons. The fourth-order valence-electron chi connectivity index (χ4n) is 12.6. The second-order valence-corrected chi connectivity index (χ2v) is 18.4. The van der Waals surface area contributed by atoms with Crippen LogP contribution in [0.25, 0.3) is 0 Å². The summed E-state index contributed by atoms with van der Waals surface area (Å²) < 4.78 is 56.3. The molecule has 7 rings (SSSR count). The van der Waals surface area contributed by atoms with Gasteiger partial charge in [-0.1, -0.05) is 27.7 Å². The Morgan fingerprint density at radius 1 is 0.800 bits per heavy atom. The molecular weight excluding hydrogens is 716 g/mol. The monoisotopic (exact) mass is 780 g/mol. The Morgan fingerprint density at radius 2 is 1.53 bits per heavy atom. The molecule has 19 atom stereocenters. The summed E-state index contributed by atoms with van der Waals surface area (Å²) in [6.07, 6.45) is -2.85. The molecule has 7 fully saturated rings. The number of hydrogen-bond acceptors (Lipinski definition) is 14. The van der Waals surface area contributed by atoms with Crippen molar-refractivity contribution >= 4 is 17.7 Å². The number of carbonyl (C=O) groups is 3. The Morgan fingerprint density at radius 3 is 2.16 bits per heavy atom. The average molecular weight is 781 g/mol. The van der Waals surface area contributed by atoms with Gasteiger partial charge in [-0.25, -0.2) is 0 Å². The van der Waals surface area contributed by atoms with Crippen LogP contribution in [-0.4, -0.2) is 127 Å². The topological polar surface area (TPSA) is 178 Å². The van der Waals surface area contributed by atoms with Crippen LogP contribution < -0.4 is 0 Å². The van der Waals surface area contributed by atoms with Gasteiger partial charge < -0.3 is 52.8 Å². The Balaban J connectivity index is 1.09. The van der Waals surface area contributed by atoms with Crippen molar-refractivity contribution in [3.05, 3.63) is 0 Å². The molecule has 0 aromatic heterocycles. The van der Waals surface area contributed by atoms with E-state index in [9.17, 15) is 24.6 Å². The van der Waals surface area contributed by atoms with Crippen LogP contribution in [0.2, 0.25) is 0 Å². The minimum absolute atomic E-state index is 0.0362. The number of aliphatic hydroxyl groups excluding tert-OH is 2. The van der Waals surface area contributed by atoms with Crippen LogP contribution in [0.4, 0.5) is 0 Å². The van der Waals surface area contributed by atoms with Crippen LogP contribution in [-0.2, 0) is 57.0 Å². The first-order valence-electron chi connectivity index (χ1n) is 20.5. The minimum atomic E-state index is -1.21. The molecule has 0 radical (unpaired) electrons. The Kier molecular flexibility index (Phi) is 11.2. The van der Waals surface area contributed by atoms with Crippen molar-refractivity contribution in [1.82, 2.24) is 0 Å². The summed E-state index contributed by atoms with van der Waals surface area (Å²) in [5.41, 5.74) is -2.42. The number of hydrogen-bond donors (Lipinski definition) is 2. The highest BCUT2D eigenvalue weighted by molar-refractivity contribution is 5.81. The smallest absolute Gasteiger partial charge is 0.308 e. The fourth-order valence-corrected chi connectivity index (χ4v) is 12.6. The zero-order valence-electron chi connectivity index (χ0n) is 34.2. The molecule has 0 amide bonds. The predicted molar refractivity (Wildman–Crippen MR) is 193 cm³/mol. The number of epoxide rings is 1. The van der Waals surface area contributed by atoms with Crippen molar-refractivity contribution < 1.29 is 67.2 Å². The molecule has 0 aromatic rings. The summed E-state index contributed by atoms with van der Waals surface area (Å²) in [6.45, 7) is 14.5. The maximum atomic E-state index is 13.5. The van der Waals surface area contributed by atoms with E-state index in [0.717, 1.165) is 32.1 Å². The van der Waals surface area contributed by atoms with E-state index in [1.54, 1.807) is 34.8 Å². The third kappa shape index (κ3) is 6.34. The van der Waals surface area contributed by atoms with E-state index < -0.39 is 96.0 Å². The lowest BCUT2D eigenvalue weighted by Gasteiger charge is -2.61. The SMILES string of the molecule is CO[C@H]1[C@@H](O)[C@H](O[C@@H]2[C@@H](C)O[C@H](O[C@H]3CC[C@@]4(C)[C@@H](CCC56O[C@@]57CC[C@@H](C(C)=O)[C@@]7(C)[C@H](OC(C)=O)[C@@H](OC(=O)C(C)C)[C@@H]64)C3)C[C@H]2OC)O[C@H](C)[C@H]1O. The van der Waals surface area contributed by atoms with E-state index in [2.05, 4.69) is 6.92 Å².